The van der Waals surface area contributed by atoms with Gasteiger partial charge >= 0.3 is 0 Å². The molecule has 2 heterocycles. The zero-order chi connectivity index (χ0) is 19.6. The maximum atomic E-state index is 12.1. The first-order valence-corrected chi connectivity index (χ1v) is 7.90. The molecule has 0 atom stereocenters. The molecule has 2 rings (SSSR count). The van der Waals surface area contributed by atoms with Gasteiger partial charge in [0.1, 0.15) is 17.4 Å². The number of anilines is 1. The number of aromatic nitrogens is 2. The number of nitrogens with one attached hydrogen (secondary N) is 3. The Balaban J connectivity index is 1.90. The van der Waals surface area contributed by atoms with E-state index in [1.807, 2.05) is 0 Å². The molecule has 0 unspecified atom stereocenters. The molecule has 4 N–H and O–H groups in total. The number of carbonyl (C=O) groups is 2. The normalized spacial score (nSPS) is 10.8. The number of aromatic hydroxyl groups is 1. The minimum Gasteiger partial charge on any atom is -0.505 e. The molecule has 0 fully saturated rings. The van der Waals surface area contributed by atoms with Crippen LogP contribution in [-0.4, -0.2) is 46.0 Å². The Kier molecular flexibility index (Phi) is 6.94. The summed E-state index contributed by atoms with van der Waals surface area (Å²) in [7, 11) is 0. The fraction of sp³-hybridized carbons (Fsp3) is 0.176. The molecule has 0 radical (unpaired) electrons. The van der Waals surface area contributed by atoms with Crippen LogP contribution in [0.25, 0.3) is 0 Å². The minimum atomic E-state index is -0.587. The van der Waals surface area contributed by atoms with Crippen LogP contribution in [0.15, 0.2) is 46.9 Å². The summed E-state index contributed by atoms with van der Waals surface area (Å²) in [6, 6.07) is 6.20. The zero-order valence-corrected chi connectivity index (χ0v) is 14.6. The van der Waals surface area contributed by atoms with E-state index in [-0.39, 0.29) is 36.3 Å². The van der Waals surface area contributed by atoms with Gasteiger partial charge in [-0.25, -0.2) is 9.97 Å². The maximum Gasteiger partial charge on any atom is 0.279 e. The van der Waals surface area contributed by atoms with Gasteiger partial charge in [0, 0.05) is 25.7 Å². The number of hydrogen-bond donors (Lipinski definition) is 4. The first-order chi connectivity index (χ1) is 13.0. The van der Waals surface area contributed by atoms with Gasteiger partial charge in [-0.15, -0.1) is 5.10 Å². The molecule has 0 aliphatic rings. The highest BCUT2D eigenvalue weighted by Crippen LogP contribution is 2.15. The molecule has 0 spiro atoms. The van der Waals surface area contributed by atoms with Crippen LogP contribution in [0, 0.1) is 0 Å². The topological polar surface area (TPSA) is 141 Å². The van der Waals surface area contributed by atoms with Gasteiger partial charge in [0.2, 0.25) is 5.91 Å². The highest BCUT2D eigenvalue weighted by atomic mass is 16.3. The van der Waals surface area contributed by atoms with Crippen molar-refractivity contribution in [1.29, 1.82) is 0 Å². The van der Waals surface area contributed by atoms with Gasteiger partial charge in [0.15, 0.2) is 5.69 Å². The molecule has 0 aliphatic heterocycles. The Morgan fingerprint density at radius 1 is 1.22 bits per heavy atom. The second-order valence-electron chi connectivity index (χ2n) is 5.33. The minimum absolute atomic E-state index is 0.0402. The molecule has 0 bridgehead atoms. The zero-order valence-electron chi connectivity index (χ0n) is 14.6. The monoisotopic (exact) mass is 369 g/mol. The number of amides is 2. The van der Waals surface area contributed by atoms with Crippen LogP contribution >= 0.6 is 0 Å². The average Bonchev–Trinajstić information content (AvgIpc) is 2.65. The summed E-state index contributed by atoms with van der Waals surface area (Å²) in [5.41, 5.74) is 0.632. The summed E-state index contributed by atoms with van der Waals surface area (Å²) >= 11 is 0. The summed E-state index contributed by atoms with van der Waals surface area (Å²) in [5.74, 6) is -0.302. The molecule has 27 heavy (non-hydrogen) atoms. The van der Waals surface area contributed by atoms with Crippen LogP contribution in [0.4, 0.5) is 5.82 Å². The lowest BCUT2D eigenvalue weighted by Crippen LogP contribution is -2.35. The lowest BCUT2D eigenvalue weighted by Gasteiger charge is -2.09. The number of carbonyl (C=O) groups excluding carboxylic acids is 2. The van der Waals surface area contributed by atoms with Crippen LogP contribution in [0.1, 0.15) is 23.0 Å². The Bertz CT molecular complexity index is 867. The van der Waals surface area contributed by atoms with E-state index in [1.165, 1.54) is 24.5 Å². The third-order valence-corrected chi connectivity index (χ3v) is 3.28. The van der Waals surface area contributed by atoms with Crippen molar-refractivity contribution in [3.8, 4) is 5.75 Å². The van der Waals surface area contributed by atoms with Crippen molar-refractivity contribution in [2.45, 2.75) is 13.5 Å². The largest absolute Gasteiger partial charge is 0.505 e. The van der Waals surface area contributed by atoms with Crippen molar-refractivity contribution in [3.63, 3.8) is 0 Å². The Morgan fingerprint density at radius 2 is 2.04 bits per heavy atom. The summed E-state index contributed by atoms with van der Waals surface area (Å²) in [6.45, 7) is 5.18. The van der Waals surface area contributed by atoms with Crippen molar-refractivity contribution < 1.29 is 14.7 Å². The summed E-state index contributed by atoms with van der Waals surface area (Å²) in [6.07, 6.45) is 2.90. The number of hydrogen-bond acceptors (Lipinski definition) is 7. The molecule has 0 aliphatic carbocycles. The smallest absolute Gasteiger partial charge is 0.279 e. The fourth-order valence-corrected chi connectivity index (χ4v) is 2.01. The Morgan fingerprint density at radius 3 is 2.78 bits per heavy atom. The van der Waals surface area contributed by atoms with E-state index in [4.69, 9.17) is 0 Å². The number of rotatable bonds is 7. The van der Waals surface area contributed by atoms with E-state index >= 15 is 0 Å². The molecular formula is C17H19N7O3. The second-order valence-corrected chi connectivity index (χ2v) is 5.33. The summed E-state index contributed by atoms with van der Waals surface area (Å²) in [5, 5.41) is 24.7. The molecule has 10 heteroatoms. The summed E-state index contributed by atoms with van der Waals surface area (Å²) in [4.78, 5) is 31.8. The van der Waals surface area contributed by atoms with Gasteiger partial charge in [0.05, 0.1) is 6.54 Å². The van der Waals surface area contributed by atoms with Crippen molar-refractivity contribution >= 4 is 30.2 Å². The number of nitrogens with zero attached hydrogens (tertiary/aromatic N) is 4. The van der Waals surface area contributed by atoms with Gasteiger partial charge in [-0.3, -0.25) is 9.59 Å². The Labute approximate surface area is 155 Å². The van der Waals surface area contributed by atoms with E-state index in [1.54, 1.807) is 19.1 Å². The van der Waals surface area contributed by atoms with E-state index in [0.29, 0.717) is 5.84 Å². The van der Waals surface area contributed by atoms with Crippen LogP contribution in [0.2, 0.25) is 0 Å². The first-order valence-electron chi connectivity index (χ1n) is 7.90. The van der Waals surface area contributed by atoms with Crippen molar-refractivity contribution in [1.82, 2.24) is 20.6 Å². The quantitative estimate of drug-likeness (QED) is 0.321. The molecule has 2 aromatic heterocycles. The van der Waals surface area contributed by atoms with E-state index < -0.39 is 5.91 Å². The van der Waals surface area contributed by atoms with E-state index in [9.17, 15) is 14.7 Å². The number of pyridine rings is 2. The van der Waals surface area contributed by atoms with E-state index in [2.05, 4.69) is 42.8 Å². The van der Waals surface area contributed by atoms with Crippen molar-refractivity contribution in [3.05, 3.63) is 47.9 Å². The van der Waals surface area contributed by atoms with Crippen molar-refractivity contribution in [2.75, 3.05) is 11.9 Å². The molecule has 0 aromatic carbocycles. The third kappa shape index (κ3) is 6.20. The standard InChI is InChI=1S/C17H19N7O3/c1-11(24-18-2)21-10-15(26)22-9-12-5-7-19-14(8-12)23-17(27)16-13(25)4-3-6-20-16/h3-8,25H,2,9-10H2,1H3,(H,21,24)(H,22,26)(H,19,23,27). The lowest BCUT2D eigenvalue weighted by molar-refractivity contribution is -0.120. The van der Waals surface area contributed by atoms with Crippen LogP contribution < -0.4 is 16.0 Å². The van der Waals surface area contributed by atoms with E-state index in [0.717, 1.165) is 5.56 Å². The molecule has 0 saturated heterocycles. The highest BCUT2D eigenvalue weighted by Gasteiger charge is 2.13. The molecule has 2 aromatic rings. The number of amidine groups is 1. The maximum absolute atomic E-state index is 12.1. The Hall–Kier alpha value is -3.82. The van der Waals surface area contributed by atoms with Gasteiger partial charge in [-0.2, -0.15) is 5.10 Å². The van der Waals surface area contributed by atoms with Crippen LogP contribution in [-0.2, 0) is 11.3 Å². The van der Waals surface area contributed by atoms with Crippen molar-refractivity contribution in [2.24, 2.45) is 10.2 Å². The molecule has 140 valence electrons. The van der Waals surface area contributed by atoms with Crippen LogP contribution in [0.3, 0.4) is 0 Å². The average molecular weight is 369 g/mol. The fourth-order valence-electron chi connectivity index (χ4n) is 2.01. The predicted molar refractivity (Wildman–Crippen MR) is 101 cm³/mol. The molecule has 0 saturated carbocycles. The highest BCUT2D eigenvalue weighted by molar-refractivity contribution is 6.04. The molecule has 10 nitrogen and oxygen atoms in total. The molecular weight excluding hydrogens is 350 g/mol. The van der Waals surface area contributed by atoms with Gasteiger partial charge in [-0.05, 0) is 36.8 Å². The summed E-state index contributed by atoms with van der Waals surface area (Å²) < 4.78 is 0. The third-order valence-electron chi connectivity index (χ3n) is 3.28. The first kappa shape index (κ1) is 19.5. The SMILES string of the molecule is C=N/N=C(/C)NCC(=O)NCc1ccnc(NC(=O)c2ncccc2O)c1. The van der Waals surface area contributed by atoms with Gasteiger partial charge in [-0.1, -0.05) is 0 Å². The van der Waals surface area contributed by atoms with Gasteiger partial charge in [0.25, 0.3) is 5.91 Å². The van der Waals surface area contributed by atoms with Crippen LogP contribution in [0.5, 0.6) is 5.75 Å². The van der Waals surface area contributed by atoms with Gasteiger partial charge < -0.3 is 21.1 Å². The lowest BCUT2D eigenvalue weighted by atomic mass is 10.2. The molecule has 2 amide bonds. The predicted octanol–water partition coefficient (Wildman–Crippen LogP) is 0.674. The second kappa shape index (κ2) is 9.61.